The number of benzene rings is 1. The molecule has 1 aliphatic heterocycles. The van der Waals surface area contributed by atoms with Gasteiger partial charge in [-0.05, 0) is 44.4 Å². The van der Waals surface area contributed by atoms with Crippen LogP contribution in [0.5, 0.6) is 0 Å². The summed E-state index contributed by atoms with van der Waals surface area (Å²) in [7, 11) is 0. The third kappa shape index (κ3) is 2.45. The molecular weight excluding hydrogens is 222 g/mol. The number of rotatable bonds is 2. The molecule has 0 radical (unpaired) electrons. The molecule has 0 aliphatic carbocycles. The fraction of sp³-hybridized carbons (Fsp3) is 0.462. The molecule has 1 atom stereocenters. The Morgan fingerprint density at radius 3 is 2.75 bits per heavy atom. The van der Waals surface area contributed by atoms with Crippen LogP contribution < -0.4 is 0 Å². The summed E-state index contributed by atoms with van der Waals surface area (Å²) >= 11 is 5.95. The molecule has 1 aromatic rings. The predicted octanol–water partition coefficient (Wildman–Crippen LogP) is 3.06. The average Bonchev–Trinajstić information content (AvgIpc) is 2.65. The zero-order valence-corrected chi connectivity index (χ0v) is 10.3. The van der Waals surface area contributed by atoms with Crippen LogP contribution >= 0.6 is 11.6 Å². The highest BCUT2D eigenvalue weighted by atomic mass is 35.5. The van der Waals surface area contributed by atoms with Gasteiger partial charge in [-0.25, -0.2) is 0 Å². The second-order valence-electron chi connectivity index (χ2n) is 4.79. The molecule has 0 fully saturated rings. The Balaban J connectivity index is 2.25. The molecule has 0 amide bonds. The second-order valence-corrected chi connectivity index (χ2v) is 5.23. The van der Waals surface area contributed by atoms with E-state index in [4.69, 9.17) is 11.6 Å². The Hall–Kier alpha value is -0.860. The van der Waals surface area contributed by atoms with Gasteiger partial charge in [0.1, 0.15) is 0 Å². The van der Waals surface area contributed by atoms with Crippen LogP contribution in [-0.2, 0) is 0 Å². The van der Waals surface area contributed by atoms with Crippen LogP contribution in [0.15, 0.2) is 29.3 Å². The molecular formula is C13H16ClNO. The summed E-state index contributed by atoms with van der Waals surface area (Å²) < 4.78 is 0. The van der Waals surface area contributed by atoms with E-state index in [9.17, 15) is 5.11 Å². The summed E-state index contributed by atoms with van der Waals surface area (Å²) in [4.78, 5) is 4.58. The summed E-state index contributed by atoms with van der Waals surface area (Å²) in [5.41, 5.74) is 1.38. The third-order valence-corrected chi connectivity index (χ3v) is 3.17. The van der Waals surface area contributed by atoms with Crippen LogP contribution in [0.25, 0.3) is 0 Å². The summed E-state index contributed by atoms with van der Waals surface area (Å²) in [6.07, 6.45) is 1.82. The van der Waals surface area contributed by atoms with E-state index in [1.54, 1.807) is 0 Å². The van der Waals surface area contributed by atoms with Gasteiger partial charge in [0.25, 0.3) is 0 Å². The van der Waals surface area contributed by atoms with Crippen LogP contribution in [0, 0.1) is 0 Å². The van der Waals surface area contributed by atoms with E-state index in [0.717, 1.165) is 29.1 Å². The highest BCUT2D eigenvalue weighted by Crippen LogP contribution is 2.26. The number of nitrogens with zero attached hydrogens (tertiary/aromatic N) is 1. The second kappa shape index (κ2) is 4.19. The van der Waals surface area contributed by atoms with Gasteiger partial charge in [-0.2, -0.15) is 0 Å². The van der Waals surface area contributed by atoms with E-state index in [0.29, 0.717) is 0 Å². The fourth-order valence-electron chi connectivity index (χ4n) is 1.99. The molecule has 2 rings (SSSR count). The van der Waals surface area contributed by atoms with Gasteiger partial charge in [0, 0.05) is 10.7 Å². The molecule has 0 aromatic heterocycles. The van der Waals surface area contributed by atoms with E-state index in [1.165, 1.54) is 0 Å². The zero-order chi connectivity index (χ0) is 11.8. The molecule has 1 heterocycles. The van der Waals surface area contributed by atoms with Crippen molar-refractivity contribution in [3.8, 4) is 0 Å². The van der Waals surface area contributed by atoms with E-state index in [1.807, 2.05) is 38.1 Å². The monoisotopic (exact) mass is 237 g/mol. The summed E-state index contributed by atoms with van der Waals surface area (Å²) in [6.45, 7) is 3.62. The molecule has 0 spiro atoms. The molecule has 0 saturated carbocycles. The molecule has 1 aromatic carbocycles. The molecule has 1 N–H and O–H groups in total. The first-order valence-corrected chi connectivity index (χ1v) is 5.89. The quantitative estimate of drug-likeness (QED) is 0.843. The maximum atomic E-state index is 9.90. The van der Waals surface area contributed by atoms with Gasteiger partial charge in [0.15, 0.2) is 0 Å². The molecule has 0 saturated heterocycles. The lowest BCUT2D eigenvalue weighted by molar-refractivity contribution is 0.0535. The average molecular weight is 238 g/mol. The van der Waals surface area contributed by atoms with Gasteiger partial charge in [-0.3, -0.25) is 4.99 Å². The first-order valence-electron chi connectivity index (χ1n) is 5.52. The summed E-state index contributed by atoms with van der Waals surface area (Å²) in [6, 6.07) is 7.72. The Morgan fingerprint density at radius 2 is 2.19 bits per heavy atom. The number of aliphatic imine (C=N–C) groups is 1. The Bertz CT molecular complexity index is 420. The Morgan fingerprint density at radius 1 is 1.44 bits per heavy atom. The van der Waals surface area contributed by atoms with Crippen LogP contribution in [0.1, 0.15) is 32.3 Å². The maximum absolute atomic E-state index is 9.90. The van der Waals surface area contributed by atoms with Crippen LogP contribution in [0.2, 0.25) is 5.02 Å². The minimum Gasteiger partial charge on any atom is -0.388 e. The maximum Gasteiger partial charge on any atom is 0.0814 e. The van der Waals surface area contributed by atoms with Crippen molar-refractivity contribution < 1.29 is 5.11 Å². The van der Waals surface area contributed by atoms with Gasteiger partial charge < -0.3 is 5.11 Å². The van der Waals surface area contributed by atoms with Gasteiger partial charge in [-0.1, -0.05) is 23.7 Å². The Labute approximate surface area is 101 Å². The van der Waals surface area contributed by atoms with Gasteiger partial charge in [0.2, 0.25) is 0 Å². The lowest BCUT2D eigenvalue weighted by atomic mass is 9.97. The van der Waals surface area contributed by atoms with Crippen molar-refractivity contribution in [2.75, 3.05) is 0 Å². The lowest BCUT2D eigenvalue weighted by Crippen LogP contribution is -2.32. The van der Waals surface area contributed by atoms with Crippen molar-refractivity contribution in [2.24, 2.45) is 4.99 Å². The highest BCUT2D eigenvalue weighted by Gasteiger charge is 2.30. The minimum atomic E-state index is -0.736. The van der Waals surface area contributed by atoms with Crippen LogP contribution in [0.4, 0.5) is 0 Å². The topological polar surface area (TPSA) is 32.6 Å². The van der Waals surface area contributed by atoms with E-state index in [-0.39, 0.29) is 6.04 Å². The number of hydrogen-bond donors (Lipinski definition) is 1. The van der Waals surface area contributed by atoms with Crippen LogP contribution in [-0.4, -0.2) is 22.5 Å². The fourth-order valence-corrected chi connectivity index (χ4v) is 2.18. The first kappa shape index (κ1) is 11.6. The van der Waals surface area contributed by atoms with E-state index < -0.39 is 5.60 Å². The van der Waals surface area contributed by atoms with Gasteiger partial charge in [-0.15, -0.1) is 0 Å². The summed E-state index contributed by atoms with van der Waals surface area (Å²) in [5.74, 6) is 0. The minimum absolute atomic E-state index is 0.00137. The molecule has 3 heteroatoms. The molecule has 2 nitrogen and oxygen atoms in total. The van der Waals surface area contributed by atoms with Crippen molar-refractivity contribution >= 4 is 17.3 Å². The zero-order valence-electron chi connectivity index (χ0n) is 9.57. The van der Waals surface area contributed by atoms with Gasteiger partial charge in [0.05, 0.1) is 11.6 Å². The van der Waals surface area contributed by atoms with Crippen molar-refractivity contribution in [1.29, 1.82) is 0 Å². The number of halogens is 1. The van der Waals surface area contributed by atoms with Crippen molar-refractivity contribution in [1.82, 2.24) is 0 Å². The lowest BCUT2D eigenvalue weighted by Gasteiger charge is -2.22. The molecule has 0 bridgehead atoms. The number of aliphatic hydroxyl groups is 1. The Kier molecular flexibility index (Phi) is 3.04. The smallest absolute Gasteiger partial charge is 0.0814 e. The molecule has 86 valence electrons. The standard InChI is InChI=1S/C13H16ClNO/c1-13(2,16)12-7-6-11(15-12)9-4-3-5-10(14)8-9/h3-5,8,12,16H,6-7H2,1-2H3/t12-/m1/s1. The molecule has 1 aliphatic rings. The van der Waals surface area contributed by atoms with Gasteiger partial charge >= 0.3 is 0 Å². The summed E-state index contributed by atoms with van der Waals surface area (Å²) in [5, 5.41) is 10.6. The third-order valence-electron chi connectivity index (χ3n) is 2.94. The van der Waals surface area contributed by atoms with Crippen LogP contribution in [0.3, 0.4) is 0 Å². The molecule has 16 heavy (non-hydrogen) atoms. The van der Waals surface area contributed by atoms with Crippen molar-refractivity contribution in [2.45, 2.75) is 38.3 Å². The van der Waals surface area contributed by atoms with Crippen molar-refractivity contribution in [3.63, 3.8) is 0 Å². The van der Waals surface area contributed by atoms with E-state index >= 15 is 0 Å². The van der Waals surface area contributed by atoms with E-state index in [2.05, 4.69) is 4.99 Å². The first-order chi connectivity index (χ1) is 7.47. The largest absolute Gasteiger partial charge is 0.388 e. The molecule has 0 unspecified atom stereocenters. The SMILES string of the molecule is CC(C)(O)[C@H]1CCC(c2cccc(Cl)c2)=N1. The normalized spacial score (nSPS) is 21.0. The highest BCUT2D eigenvalue weighted by molar-refractivity contribution is 6.31. The predicted molar refractivity (Wildman–Crippen MR) is 67.3 cm³/mol. The van der Waals surface area contributed by atoms with Crippen molar-refractivity contribution in [3.05, 3.63) is 34.9 Å². The number of hydrogen-bond acceptors (Lipinski definition) is 2.